The number of benzene rings is 1. The number of carbonyl (C=O) groups is 1. The number of rotatable bonds is 1. The van der Waals surface area contributed by atoms with Crippen LogP contribution >= 0.6 is 0 Å². The molecule has 0 aliphatic carbocycles. The molecular weight excluding hydrogens is 323 g/mol. The average Bonchev–Trinajstić information content (AvgIpc) is 3.03. The molecule has 1 N–H and O–H groups in total. The number of hydrogen-bond acceptors (Lipinski definition) is 3. The highest BCUT2D eigenvalue weighted by molar-refractivity contribution is 6.00. The van der Waals surface area contributed by atoms with Crippen molar-refractivity contribution in [1.29, 1.82) is 0 Å². The monoisotopic (exact) mass is 339 g/mol. The fourth-order valence-corrected chi connectivity index (χ4v) is 4.33. The Hall–Kier alpha value is -1.86. The van der Waals surface area contributed by atoms with Crippen LogP contribution in [0, 0.1) is 11.8 Å². The molecule has 2 bridgehead atoms. The molecule has 0 aromatic heterocycles. The Morgan fingerprint density at radius 2 is 1.88 bits per heavy atom. The average molecular weight is 339 g/mol. The molecule has 4 nitrogen and oxygen atoms in total. The van der Waals surface area contributed by atoms with Gasteiger partial charge in [-0.15, -0.1) is 0 Å². The normalized spacial score (nSPS) is 40.5. The first kappa shape index (κ1) is 15.7. The number of anilines is 1. The molecule has 2 fully saturated rings. The lowest BCUT2D eigenvalue weighted by Crippen LogP contribution is -2.42. The van der Waals surface area contributed by atoms with Crippen LogP contribution in [0.3, 0.4) is 0 Å². The molecule has 4 rings (SSSR count). The van der Waals surface area contributed by atoms with Gasteiger partial charge in [0, 0.05) is 5.69 Å². The minimum atomic E-state index is -4.51. The SMILES string of the molecule is C[C@]12C=C[C@](C)(O1)[C@@H]1C(O)N(c3cccc(C(F)(F)F)c3)C(=O)[C@@H]12. The van der Waals surface area contributed by atoms with Gasteiger partial charge in [-0.1, -0.05) is 18.2 Å². The van der Waals surface area contributed by atoms with Gasteiger partial charge < -0.3 is 9.84 Å². The fourth-order valence-electron chi connectivity index (χ4n) is 4.33. The van der Waals surface area contributed by atoms with Gasteiger partial charge in [0.25, 0.3) is 0 Å². The number of halogens is 3. The zero-order chi connectivity index (χ0) is 17.5. The summed E-state index contributed by atoms with van der Waals surface area (Å²) in [6, 6.07) is 4.47. The van der Waals surface area contributed by atoms with Crippen molar-refractivity contribution in [2.75, 3.05) is 4.90 Å². The molecule has 3 aliphatic rings. The first-order chi connectivity index (χ1) is 11.1. The molecule has 1 aromatic carbocycles. The Kier molecular flexibility index (Phi) is 2.87. The van der Waals surface area contributed by atoms with Gasteiger partial charge in [0.2, 0.25) is 5.91 Å². The van der Waals surface area contributed by atoms with E-state index in [0.717, 1.165) is 17.0 Å². The van der Waals surface area contributed by atoms with E-state index >= 15 is 0 Å². The van der Waals surface area contributed by atoms with E-state index in [-0.39, 0.29) is 5.69 Å². The van der Waals surface area contributed by atoms with Crippen molar-refractivity contribution in [3.63, 3.8) is 0 Å². The summed E-state index contributed by atoms with van der Waals surface area (Å²) in [4.78, 5) is 13.9. The number of nitrogens with zero attached hydrogens (tertiary/aromatic N) is 1. The van der Waals surface area contributed by atoms with Crippen molar-refractivity contribution in [2.45, 2.75) is 37.5 Å². The molecule has 128 valence electrons. The summed E-state index contributed by atoms with van der Waals surface area (Å²) in [7, 11) is 0. The number of carbonyl (C=O) groups excluding carboxylic acids is 1. The molecule has 24 heavy (non-hydrogen) atoms. The fraction of sp³-hybridized carbons (Fsp3) is 0.471. The zero-order valence-electron chi connectivity index (χ0n) is 13.0. The van der Waals surface area contributed by atoms with Crippen LogP contribution in [0.25, 0.3) is 0 Å². The van der Waals surface area contributed by atoms with Gasteiger partial charge >= 0.3 is 6.18 Å². The third-order valence-corrected chi connectivity index (χ3v) is 5.36. The minimum absolute atomic E-state index is 0.0447. The molecule has 1 unspecified atom stereocenters. The summed E-state index contributed by atoms with van der Waals surface area (Å²) >= 11 is 0. The lowest BCUT2D eigenvalue weighted by atomic mass is 9.73. The van der Waals surface area contributed by atoms with Crippen molar-refractivity contribution in [2.24, 2.45) is 11.8 Å². The third-order valence-electron chi connectivity index (χ3n) is 5.36. The summed E-state index contributed by atoms with van der Waals surface area (Å²) < 4.78 is 44.7. The van der Waals surface area contributed by atoms with Crippen LogP contribution in [0.1, 0.15) is 19.4 Å². The molecule has 7 heteroatoms. The quantitative estimate of drug-likeness (QED) is 0.801. The van der Waals surface area contributed by atoms with E-state index < -0.39 is 46.9 Å². The number of ether oxygens (including phenoxy) is 1. The van der Waals surface area contributed by atoms with Crippen molar-refractivity contribution < 1.29 is 27.8 Å². The molecule has 0 saturated carbocycles. The number of fused-ring (bicyclic) bond motifs is 5. The number of aliphatic hydroxyl groups is 1. The van der Waals surface area contributed by atoms with E-state index in [1.165, 1.54) is 12.1 Å². The first-order valence-corrected chi connectivity index (χ1v) is 7.66. The lowest BCUT2D eigenvalue weighted by Gasteiger charge is -2.30. The summed E-state index contributed by atoms with van der Waals surface area (Å²) in [5.41, 5.74) is -2.45. The summed E-state index contributed by atoms with van der Waals surface area (Å²) in [5, 5.41) is 10.7. The minimum Gasteiger partial charge on any atom is -0.373 e. The molecule has 3 heterocycles. The van der Waals surface area contributed by atoms with Gasteiger partial charge in [-0.3, -0.25) is 9.69 Å². The van der Waals surface area contributed by atoms with E-state index in [1.807, 2.05) is 6.08 Å². The molecule has 5 atom stereocenters. The van der Waals surface area contributed by atoms with E-state index in [2.05, 4.69) is 0 Å². The van der Waals surface area contributed by atoms with Gasteiger partial charge in [0.1, 0.15) is 6.23 Å². The van der Waals surface area contributed by atoms with E-state index in [4.69, 9.17) is 4.74 Å². The predicted molar refractivity (Wildman–Crippen MR) is 79.0 cm³/mol. The van der Waals surface area contributed by atoms with Gasteiger partial charge in [-0.2, -0.15) is 13.2 Å². The highest BCUT2D eigenvalue weighted by Gasteiger charge is 2.70. The molecule has 3 aliphatic heterocycles. The molecule has 1 aromatic rings. The summed E-state index contributed by atoms with van der Waals surface area (Å²) in [6.45, 7) is 3.55. The molecule has 1 amide bonds. The second-order valence-corrected chi connectivity index (χ2v) is 6.98. The van der Waals surface area contributed by atoms with Crippen LogP contribution in [-0.4, -0.2) is 28.4 Å². The van der Waals surface area contributed by atoms with Gasteiger partial charge in [0.05, 0.1) is 28.6 Å². The maximum Gasteiger partial charge on any atom is 0.416 e. The predicted octanol–water partition coefficient (Wildman–Crippen LogP) is 2.72. The maximum atomic E-state index is 12.9. The van der Waals surface area contributed by atoms with Crippen LogP contribution < -0.4 is 4.90 Å². The number of hydrogen-bond donors (Lipinski definition) is 1. The van der Waals surface area contributed by atoms with Crippen LogP contribution in [0.15, 0.2) is 36.4 Å². The van der Waals surface area contributed by atoms with Gasteiger partial charge in [-0.05, 0) is 32.0 Å². The van der Waals surface area contributed by atoms with Crippen molar-refractivity contribution in [3.8, 4) is 0 Å². The van der Waals surface area contributed by atoms with Crippen LogP contribution in [0.2, 0.25) is 0 Å². The molecule has 2 saturated heterocycles. The number of alkyl halides is 3. The molecule has 0 radical (unpaired) electrons. The number of amides is 1. The van der Waals surface area contributed by atoms with Gasteiger partial charge in [0.15, 0.2) is 0 Å². The van der Waals surface area contributed by atoms with Crippen LogP contribution in [-0.2, 0) is 15.7 Å². The standard InChI is InChI=1S/C17H16F3NO3/c1-15-6-7-16(2,24-15)12-11(15)13(22)21(14(12)23)10-5-3-4-9(8-10)17(18,19)20/h3-8,11-13,22H,1-2H3/t11-,12+,13?,15-,16+/m0/s1. The summed E-state index contributed by atoms with van der Waals surface area (Å²) in [6.07, 6.45) is -2.13. The highest BCUT2D eigenvalue weighted by atomic mass is 19.4. The first-order valence-electron chi connectivity index (χ1n) is 7.66. The van der Waals surface area contributed by atoms with Gasteiger partial charge in [-0.25, -0.2) is 0 Å². The summed E-state index contributed by atoms with van der Waals surface area (Å²) in [5.74, 6) is -1.55. The smallest absolute Gasteiger partial charge is 0.373 e. The highest BCUT2D eigenvalue weighted by Crippen LogP contribution is 2.58. The lowest BCUT2D eigenvalue weighted by molar-refractivity contribution is -0.137. The van der Waals surface area contributed by atoms with E-state index in [0.29, 0.717) is 0 Å². The zero-order valence-corrected chi connectivity index (χ0v) is 13.0. The van der Waals surface area contributed by atoms with Crippen molar-refractivity contribution >= 4 is 11.6 Å². The van der Waals surface area contributed by atoms with E-state index in [1.54, 1.807) is 19.9 Å². The maximum absolute atomic E-state index is 12.9. The Balaban J connectivity index is 1.76. The Bertz CT molecular complexity index is 762. The molecular formula is C17H16F3NO3. The largest absolute Gasteiger partial charge is 0.416 e. The van der Waals surface area contributed by atoms with Crippen molar-refractivity contribution in [3.05, 3.63) is 42.0 Å². The van der Waals surface area contributed by atoms with Crippen LogP contribution in [0.4, 0.5) is 18.9 Å². The Morgan fingerprint density at radius 1 is 1.21 bits per heavy atom. The second kappa shape index (κ2) is 4.40. The van der Waals surface area contributed by atoms with E-state index in [9.17, 15) is 23.1 Å². The van der Waals surface area contributed by atoms with Crippen molar-refractivity contribution in [1.82, 2.24) is 0 Å². The Morgan fingerprint density at radius 3 is 2.50 bits per heavy atom. The Labute approximate surface area is 136 Å². The topological polar surface area (TPSA) is 49.8 Å². The number of aliphatic hydroxyl groups excluding tert-OH is 1. The second-order valence-electron chi connectivity index (χ2n) is 6.98. The third kappa shape index (κ3) is 1.85. The van der Waals surface area contributed by atoms with Crippen LogP contribution in [0.5, 0.6) is 0 Å². The molecule has 0 spiro atoms.